The lowest BCUT2D eigenvalue weighted by atomic mass is 9.95. The fourth-order valence-electron chi connectivity index (χ4n) is 1.58. The molecule has 70 valence electrons. The molecular weight excluding hydrogens is 146 g/mol. The molecule has 0 aromatic rings. The highest BCUT2D eigenvalue weighted by Crippen LogP contribution is 2.20. The molecule has 0 amide bonds. The summed E-state index contributed by atoms with van der Waals surface area (Å²) in [6.45, 7) is 8.01. The van der Waals surface area contributed by atoms with Crippen LogP contribution in [0.5, 0.6) is 0 Å². The Morgan fingerprint density at radius 2 is 2.00 bits per heavy atom. The van der Waals surface area contributed by atoms with Crippen LogP contribution in [0.25, 0.3) is 0 Å². The molecule has 1 fully saturated rings. The van der Waals surface area contributed by atoms with Crippen LogP contribution in [0.4, 0.5) is 0 Å². The predicted molar refractivity (Wildman–Crippen MR) is 54.2 cm³/mol. The van der Waals surface area contributed by atoms with Crippen LogP contribution in [0.2, 0.25) is 0 Å². The number of nitrogens with zero attached hydrogens (tertiary/aromatic N) is 1. The highest BCUT2D eigenvalue weighted by Gasteiger charge is 2.18. The third kappa shape index (κ3) is 2.98. The molecule has 1 unspecified atom stereocenters. The number of likely N-dealkylation sites (N-methyl/N-ethyl adjacent to an activating group) is 1. The number of rotatable bonds is 1. The Hall–Kier alpha value is -0.300. The quantitative estimate of drug-likeness (QED) is 0.543. The molecule has 1 nitrogen and oxygen atoms in total. The third-order valence-electron chi connectivity index (χ3n) is 2.40. The second-order valence-electron chi connectivity index (χ2n) is 4.92. The maximum absolute atomic E-state index is 2.43. The topological polar surface area (TPSA) is 3.24 Å². The monoisotopic (exact) mass is 167 g/mol. The van der Waals surface area contributed by atoms with E-state index in [9.17, 15) is 0 Å². The molecule has 0 N–H and O–H groups in total. The standard InChI is InChI=1S/C11H21N/c1-11(2,3)8-7-10-6-5-9-12(10)4/h7-8,10H,5-6,9H2,1-4H3/b8-7+. The molecule has 1 aliphatic rings. The maximum atomic E-state index is 2.43. The van der Waals surface area contributed by atoms with Gasteiger partial charge in [0.15, 0.2) is 0 Å². The average Bonchev–Trinajstić information content (AvgIpc) is 2.29. The molecule has 0 aliphatic carbocycles. The van der Waals surface area contributed by atoms with Gasteiger partial charge in [0.25, 0.3) is 0 Å². The van der Waals surface area contributed by atoms with Gasteiger partial charge in [0.05, 0.1) is 0 Å². The van der Waals surface area contributed by atoms with E-state index in [1.54, 1.807) is 0 Å². The molecule has 0 bridgehead atoms. The lowest BCUT2D eigenvalue weighted by Crippen LogP contribution is -2.22. The smallest absolute Gasteiger partial charge is 0.0275 e. The predicted octanol–water partition coefficient (Wildman–Crippen LogP) is 2.68. The average molecular weight is 167 g/mol. The summed E-state index contributed by atoms with van der Waals surface area (Å²) in [5.74, 6) is 0. The largest absolute Gasteiger partial charge is 0.300 e. The Morgan fingerprint density at radius 3 is 2.42 bits per heavy atom. The van der Waals surface area contributed by atoms with Crippen molar-refractivity contribution in [2.24, 2.45) is 5.41 Å². The van der Waals surface area contributed by atoms with Crippen molar-refractivity contribution in [3.05, 3.63) is 12.2 Å². The van der Waals surface area contributed by atoms with E-state index in [0.717, 1.165) is 0 Å². The van der Waals surface area contributed by atoms with Gasteiger partial charge in [-0.3, -0.25) is 4.90 Å². The van der Waals surface area contributed by atoms with E-state index in [2.05, 4.69) is 44.9 Å². The van der Waals surface area contributed by atoms with Gasteiger partial charge in [0.1, 0.15) is 0 Å². The molecule has 12 heavy (non-hydrogen) atoms. The molecule has 0 saturated carbocycles. The summed E-state index contributed by atoms with van der Waals surface area (Å²) >= 11 is 0. The molecule has 0 radical (unpaired) electrons. The van der Waals surface area contributed by atoms with E-state index in [-0.39, 0.29) is 0 Å². The molecular formula is C11H21N. The zero-order valence-corrected chi connectivity index (χ0v) is 8.80. The van der Waals surface area contributed by atoms with Gasteiger partial charge in [-0.25, -0.2) is 0 Å². The van der Waals surface area contributed by atoms with Crippen LogP contribution in [0, 0.1) is 5.41 Å². The van der Waals surface area contributed by atoms with Gasteiger partial charge in [-0.15, -0.1) is 0 Å². The van der Waals surface area contributed by atoms with Gasteiger partial charge in [-0.1, -0.05) is 32.9 Å². The van der Waals surface area contributed by atoms with Crippen LogP contribution in [-0.2, 0) is 0 Å². The fraction of sp³-hybridized carbons (Fsp3) is 0.818. The van der Waals surface area contributed by atoms with Crippen molar-refractivity contribution in [2.75, 3.05) is 13.6 Å². The van der Waals surface area contributed by atoms with E-state index in [1.807, 2.05) is 0 Å². The second kappa shape index (κ2) is 3.61. The molecule has 0 aromatic carbocycles. The maximum Gasteiger partial charge on any atom is 0.0275 e. The number of allylic oxidation sites excluding steroid dienone is 1. The van der Waals surface area contributed by atoms with Crippen LogP contribution in [-0.4, -0.2) is 24.5 Å². The normalized spacial score (nSPS) is 27.2. The second-order valence-corrected chi connectivity index (χ2v) is 4.92. The van der Waals surface area contributed by atoms with Crippen molar-refractivity contribution in [3.8, 4) is 0 Å². The molecule has 1 heterocycles. The van der Waals surface area contributed by atoms with E-state index in [1.165, 1.54) is 19.4 Å². The summed E-state index contributed by atoms with van der Waals surface area (Å²) < 4.78 is 0. The Bertz CT molecular complexity index is 164. The number of hydrogen-bond donors (Lipinski definition) is 0. The molecule has 1 rings (SSSR count). The Morgan fingerprint density at radius 1 is 1.33 bits per heavy atom. The molecule has 1 aliphatic heterocycles. The van der Waals surface area contributed by atoms with Gasteiger partial charge >= 0.3 is 0 Å². The third-order valence-corrected chi connectivity index (χ3v) is 2.40. The van der Waals surface area contributed by atoms with Crippen molar-refractivity contribution in [2.45, 2.75) is 39.7 Å². The van der Waals surface area contributed by atoms with Crippen LogP contribution in [0.1, 0.15) is 33.6 Å². The highest BCUT2D eigenvalue weighted by molar-refractivity contribution is 5.01. The van der Waals surface area contributed by atoms with Gasteiger partial charge in [0, 0.05) is 6.04 Å². The molecule has 1 atom stereocenters. The minimum Gasteiger partial charge on any atom is -0.300 e. The van der Waals surface area contributed by atoms with Crippen LogP contribution in [0.15, 0.2) is 12.2 Å². The van der Waals surface area contributed by atoms with Crippen LogP contribution in [0.3, 0.4) is 0 Å². The van der Waals surface area contributed by atoms with Crippen molar-refractivity contribution >= 4 is 0 Å². The molecule has 0 aromatic heterocycles. The summed E-state index contributed by atoms with van der Waals surface area (Å²) in [7, 11) is 2.21. The van der Waals surface area contributed by atoms with Crippen molar-refractivity contribution in [3.63, 3.8) is 0 Å². The van der Waals surface area contributed by atoms with Crippen molar-refractivity contribution in [1.82, 2.24) is 4.90 Å². The minimum absolute atomic E-state index is 0.337. The van der Waals surface area contributed by atoms with Crippen LogP contribution < -0.4 is 0 Å². The SMILES string of the molecule is CN1CCCC1/C=C/C(C)(C)C. The summed E-state index contributed by atoms with van der Waals surface area (Å²) in [6, 6.07) is 0.698. The molecule has 0 spiro atoms. The lowest BCUT2D eigenvalue weighted by molar-refractivity contribution is 0.354. The van der Waals surface area contributed by atoms with E-state index < -0.39 is 0 Å². The van der Waals surface area contributed by atoms with Crippen molar-refractivity contribution < 1.29 is 0 Å². The van der Waals surface area contributed by atoms with Gasteiger partial charge in [-0.2, -0.15) is 0 Å². The summed E-state index contributed by atoms with van der Waals surface area (Å²) in [4.78, 5) is 2.43. The Labute approximate surface area is 76.5 Å². The number of likely N-dealkylation sites (tertiary alicyclic amines) is 1. The number of hydrogen-bond acceptors (Lipinski definition) is 1. The van der Waals surface area contributed by atoms with Gasteiger partial charge in [-0.05, 0) is 31.8 Å². The Kier molecular flexibility index (Phi) is 2.94. The van der Waals surface area contributed by atoms with Crippen LogP contribution >= 0.6 is 0 Å². The van der Waals surface area contributed by atoms with Crippen molar-refractivity contribution in [1.29, 1.82) is 0 Å². The Balaban J connectivity index is 2.45. The first kappa shape index (κ1) is 9.79. The van der Waals surface area contributed by atoms with E-state index >= 15 is 0 Å². The first-order valence-corrected chi connectivity index (χ1v) is 4.89. The zero-order chi connectivity index (χ0) is 9.19. The first-order chi connectivity index (χ1) is 5.49. The van der Waals surface area contributed by atoms with Gasteiger partial charge in [0.2, 0.25) is 0 Å². The highest BCUT2D eigenvalue weighted by atomic mass is 15.1. The van der Waals surface area contributed by atoms with E-state index in [0.29, 0.717) is 11.5 Å². The van der Waals surface area contributed by atoms with Gasteiger partial charge < -0.3 is 0 Å². The minimum atomic E-state index is 0.337. The molecule has 1 heteroatoms. The first-order valence-electron chi connectivity index (χ1n) is 4.89. The fourth-order valence-corrected chi connectivity index (χ4v) is 1.58. The summed E-state index contributed by atoms with van der Waals surface area (Å²) in [5.41, 5.74) is 0.337. The zero-order valence-electron chi connectivity index (χ0n) is 8.80. The lowest BCUT2D eigenvalue weighted by Gasteiger charge is -2.18. The summed E-state index contributed by atoms with van der Waals surface area (Å²) in [6.07, 6.45) is 7.39. The van der Waals surface area contributed by atoms with E-state index in [4.69, 9.17) is 0 Å². The summed E-state index contributed by atoms with van der Waals surface area (Å²) in [5, 5.41) is 0. The molecule has 1 saturated heterocycles.